The first-order valence-corrected chi connectivity index (χ1v) is 21.2. The van der Waals surface area contributed by atoms with Gasteiger partial charge in [-0.05, 0) is 58.7 Å². The molecule has 2 atom stereocenters. The van der Waals surface area contributed by atoms with Gasteiger partial charge in [-0.15, -0.1) is 22.7 Å². The standard InChI is InChI=1S/C51H36N4S2/c1-3-14-31(15-4-1)49-52-50(32-16-5-2-6-17-32)54-51(53-49)40-23-13-27-44-47(40)46-37(20-12-26-43(46)56-44)39-22-11-21-38-36-29-28-33(30-45(36)57-48(38)39)55-41-24-9-7-18-34(41)35-19-8-10-25-42(35)55/h1-30,49-54H. The SMILES string of the molecule is c1ccc(C2NC(c3ccccc3)NC(c3cccc4sc5cccc(-c6cccc7c6sc6cc(-n8c9ccccc9c9ccccc98)ccc67)c5c34)N2)cc1. The fourth-order valence-corrected chi connectivity index (χ4v) is 11.6. The van der Waals surface area contributed by atoms with Crippen LogP contribution >= 0.6 is 22.7 Å². The summed E-state index contributed by atoms with van der Waals surface area (Å²) in [5.74, 6) is 0. The summed E-state index contributed by atoms with van der Waals surface area (Å²) in [5, 5.41) is 19.6. The summed E-state index contributed by atoms with van der Waals surface area (Å²) in [6.45, 7) is 0. The zero-order valence-electron chi connectivity index (χ0n) is 30.8. The monoisotopic (exact) mass is 768 g/mol. The van der Waals surface area contributed by atoms with Gasteiger partial charge < -0.3 is 4.57 Å². The molecular weight excluding hydrogens is 733 g/mol. The maximum absolute atomic E-state index is 3.96. The smallest absolute Gasteiger partial charge is 0.0871 e. The molecule has 0 spiro atoms. The molecule has 2 unspecified atom stereocenters. The number of hydrogen-bond acceptors (Lipinski definition) is 5. The largest absolute Gasteiger partial charge is 0.309 e. The molecule has 1 aliphatic rings. The molecule has 272 valence electrons. The number of rotatable bonds is 5. The Hall–Kier alpha value is -6.12. The number of fused-ring (bicyclic) bond motifs is 9. The molecule has 11 aromatic rings. The Kier molecular flexibility index (Phi) is 7.68. The number of nitrogens with one attached hydrogen (secondary N) is 3. The molecule has 1 saturated heterocycles. The summed E-state index contributed by atoms with van der Waals surface area (Å²) in [4.78, 5) is 0. The van der Waals surface area contributed by atoms with Gasteiger partial charge in [0, 0.05) is 62.4 Å². The zero-order valence-corrected chi connectivity index (χ0v) is 32.4. The van der Waals surface area contributed by atoms with Crippen LogP contribution in [0.5, 0.6) is 0 Å². The molecule has 3 aromatic heterocycles. The maximum Gasteiger partial charge on any atom is 0.0871 e. The molecule has 3 N–H and O–H groups in total. The van der Waals surface area contributed by atoms with Gasteiger partial charge in [-0.2, -0.15) is 0 Å². The summed E-state index contributed by atoms with van der Waals surface area (Å²) >= 11 is 3.79. The quantitative estimate of drug-likeness (QED) is 0.163. The van der Waals surface area contributed by atoms with E-state index in [2.05, 4.69) is 203 Å². The van der Waals surface area contributed by atoms with Crippen LogP contribution in [0.15, 0.2) is 182 Å². The van der Waals surface area contributed by atoms with Gasteiger partial charge in [-0.25, -0.2) is 0 Å². The van der Waals surface area contributed by atoms with E-state index in [9.17, 15) is 0 Å². The summed E-state index contributed by atoms with van der Waals surface area (Å²) in [7, 11) is 0. The molecule has 57 heavy (non-hydrogen) atoms. The van der Waals surface area contributed by atoms with Crippen LogP contribution in [0.3, 0.4) is 0 Å². The van der Waals surface area contributed by atoms with Crippen LogP contribution in [0.1, 0.15) is 35.2 Å². The molecule has 0 radical (unpaired) electrons. The average Bonchev–Trinajstić information content (AvgIpc) is 3.96. The molecule has 1 fully saturated rings. The van der Waals surface area contributed by atoms with Gasteiger partial charge in [-0.3, -0.25) is 16.0 Å². The van der Waals surface area contributed by atoms with Crippen molar-refractivity contribution < 1.29 is 0 Å². The normalized spacial score (nSPS) is 17.4. The van der Waals surface area contributed by atoms with Gasteiger partial charge in [0.2, 0.25) is 0 Å². The van der Waals surface area contributed by atoms with Crippen LogP contribution in [-0.2, 0) is 0 Å². The first kappa shape index (κ1) is 33.1. The van der Waals surface area contributed by atoms with Gasteiger partial charge in [0.25, 0.3) is 0 Å². The Morgan fingerprint density at radius 3 is 1.65 bits per heavy atom. The first-order chi connectivity index (χ1) is 28.3. The molecule has 1 aliphatic heterocycles. The number of aromatic nitrogens is 1. The number of nitrogens with zero attached hydrogens (tertiary/aromatic N) is 1. The van der Waals surface area contributed by atoms with E-state index in [1.165, 1.54) is 95.7 Å². The van der Waals surface area contributed by atoms with E-state index in [4.69, 9.17) is 0 Å². The molecule has 4 heterocycles. The third kappa shape index (κ3) is 5.30. The van der Waals surface area contributed by atoms with Crippen molar-refractivity contribution in [3.05, 3.63) is 199 Å². The van der Waals surface area contributed by atoms with E-state index in [1.807, 2.05) is 22.7 Å². The minimum atomic E-state index is -0.101. The van der Waals surface area contributed by atoms with Crippen LogP contribution < -0.4 is 16.0 Å². The van der Waals surface area contributed by atoms with Crippen molar-refractivity contribution in [2.45, 2.75) is 18.5 Å². The lowest BCUT2D eigenvalue weighted by Gasteiger charge is -2.40. The van der Waals surface area contributed by atoms with E-state index in [0.29, 0.717) is 0 Å². The fraction of sp³-hybridized carbons (Fsp3) is 0.0588. The van der Waals surface area contributed by atoms with Crippen molar-refractivity contribution in [3.63, 3.8) is 0 Å². The van der Waals surface area contributed by atoms with E-state index < -0.39 is 0 Å². The summed E-state index contributed by atoms with van der Waals surface area (Å²) in [6, 6.07) is 66.5. The Labute approximate surface area is 337 Å². The summed E-state index contributed by atoms with van der Waals surface area (Å²) < 4.78 is 7.63. The lowest BCUT2D eigenvalue weighted by Crippen LogP contribution is -2.54. The van der Waals surface area contributed by atoms with Crippen LogP contribution in [0.4, 0.5) is 0 Å². The van der Waals surface area contributed by atoms with Gasteiger partial charge in [0.1, 0.15) is 0 Å². The van der Waals surface area contributed by atoms with Gasteiger partial charge in [0.05, 0.1) is 29.5 Å². The Balaban J connectivity index is 1.02. The van der Waals surface area contributed by atoms with Crippen molar-refractivity contribution in [1.82, 2.24) is 20.5 Å². The lowest BCUT2D eigenvalue weighted by atomic mass is 9.95. The predicted molar refractivity (Wildman–Crippen MR) is 243 cm³/mol. The van der Waals surface area contributed by atoms with E-state index >= 15 is 0 Å². The van der Waals surface area contributed by atoms with Crippen LogP contribution in [0, 0.1) is 0 Å². The second-order valence-electron chi connectivity index (χ2n) is 15.0. The van der Waals surface area contributed by atoms with Crippen molar-refractivity contribution >= 4 is 84.8 Å². The number of para-hydroxylation sites is 2. The molecule has 0 aliphatic carbocycles. The molecule has 4 nitrogen and oxygen atoms in total. The highest BCUT2D eigenvalue weighted by Gasteiger charge is 2.31. The highest BCUT2D eigenvalue weighted by Crippen LogP contribution is 2.47. The minimum Gasteiger partial charge on any atom is -0.309 e. The highest BCUT2D eigenvalue weighted by molar-refractivity contribution is 7.27. The van der Waals surface area contributed by atoms with E-state index in [1.54, 1.807) is 0 Å². The molecule has 0 saturated carbocycles. The molecule has 0 amide bonds. The lowest BCUT2D eigenvalue weighted by molar-refractivity contribution is 0.204. The first-order valence-electron chi connectivity index (χ1n) is 19.5. The van der Waals surface area contributed by atoms with E-state index in [-0.39, 0.29) is 18.5 Å². The van der Waals surface area contributed by atoms with Crippen molar-refractivity contribution in [2.24, 2.45) is 0 Å². The highest BCUT2D eigenvalue weighted by atomic mass is 32.1. The second kappa shape index (κ2) is 13.2. The maximum atomic E-state index is 3.96. The van der Waals surface area contributed by atoms with Crippen LogP contribution in [0.25, 0.3) is 79.0 Å². The zero-order chi connectivity index (χ0) is 37.5. The molecule has 8 aromatic carbocycles. The molecule has 0 bridgehead atoms. The van der Waals surface area contributed by atoms with Crippen molar-refractivity contribution in [3.8, 4) is 16.8 Å². The van der Waals surface area contributed by atoms with Crippen LogP contribution in [-0.4, -0.2) is 4.57 Å². The fourth-order valence-electron chi connectivity index (χ4n) is 9.20. The number of thiophene rings is 2. The number of hydrogen-bond donors (Lipinski definition) is 3. The van der Waals surface area contributed by atoms with Crippen molar-refractivity contribution in [1.29, 1.82) is 0 Å². The average molecular weight is 769 g/mol. The van der Waals surface area contributed by atoms with Gasteiger partial charge in [0.15, 0.2) is 0 Å². The van der Waals surface area contributed by atoms with Crippen molar-refractivity contribution in [2.75, 3.05) is 0 Å². The topological polar surface area (TPSA) is 41.0 Å². The third-order valence-electron chi connectivity index (χ3n) is 11.7. The molecule has 6 heteroatoms. The second-order valence-corrected chi connectivity index (χ2v) is 17.1. The Bertz CT molecular complexity index is 3210. The Morgan fingerprint density at radius 2 is 0.947 bits per heavy atom. The van der Waals surface area contributed by atoms with Gasteiger partial charge in [-0.1, -0.05) is 146 Å². The van der Waals surface area contributed by atoms with Gasteiger partial charge >= 0.3 is 0 Å². The van der Waals surface area contributed by atoms with E-state index in [0.717, 1.165) is 0 Å². The Morgan fingerprint density at radius 1 is 0.386 bits per heavy atom. The summed E-state index contributed by atoms with van der Waals surface area (Å²) in [6.07, 6.45) is -0.181. The predicted octanol–water partition coefficient (Wildman–Crippen LogP) is 13.4. The van der Waals surface area contributed by atoms with Crippen LogP contribution in [0.2, 0.25) is 0 Å². The summed E-state index contributed by atoms with van der Waals surface area (Å²) in [5.41, 5.74) is 9.89. The molecule has 12 rings (SSSR count). The number of benzene rings is 8. The molecular formula is C51H36N4S2. The minimum absolute atomic E-state index is 0.0398. The third-order valence-corrected chi connectivity index (χ3v) is 14.1.